The molecule has 0 saturated carbocycles. The maximum Gasteiger partial charge on any atom is 0.416 e. The van der Waals surface area contributed by atoms with Gasteiger partial charge >= 0.3 is 6.18 Å². The van der Waals surface area contributed by atoms with Crippen LogP contribution in [0.1, 0.15) is 59.4 Å². The van der Waals surface area contributed by atoms with Crippen LogP contribution in [-0.4, -0.2) is 23.3 Å². The summed E-state index contributed by atoms with van der Waals surface area (Å²) >= 11 is 0. The molecular weight excluding hydrogens is 441 g/mol. The number of amides is 2. The Kier molecular flexibility index (Phi) is 8.10. The van der Waals surface area contributed by atoms with E-state index in [0.717, 1.165) is 23.3 Å². The Hall–Kier alpha value is -3.61. The third-order valence-corrected chi connectivity index (χ3v) is 5.70. The Morgan fingerprint density at radius 3 is 2.03 bits per heavy atom. The van der Waals surface area contributed by atoms with Crippen molar-refractivity contribution in [3.05, 3.63) is 107 Å². The first-order valence-electron chi connectivity index (χ1n) is 11.0. The van der Waals surface area contributed by atoms with Gasteiger partial charge in [-0.1, -0.05) is 66.7 Å². The molecule has 0 aliphatic carbocycles. The van der Waals surface area contributed by atoms with E-state index in [1.807, 2.05) is 67.6 Å². The topological polar surface area (TPSA) is 49.4 Å². The monoisotopic (exact) mass is 468 g/mol. The second kappa shape index (κ2) is 11.0. The third kappa shape index (κ3) is 6.47. The largest absolute Gasteiger partial charge is 0.416 e. The van der Waals surface area contributed by atoms with Crippen LogP contribution in [0.2, 0.25) is 0 Å². The molecule has 0 spiro atoms. The number of hydrogen-bond acceptors (Lipinski definition) is 2. The molecule has 0 saturated heterocycles. The molecule has 0 fully saturated rings. The average molecular weight is 469 g/mol. The van der Waals surface area contributed by atoms with Crippen LogP contribution in [0.3, 0.4) is 0 Å². The van der Waals surface area contributed by atoms with Crippen molar-refractivity contribution in [3.63, 3.8) is 0 Å². The molecule has 3 rings (SSSR count). The van der Waals surface area contributed by atoms with Gasteiger partial charge in [0.05, 0.1) is 17.6 Å². The lowest BCUT2D eigenvalue weighted by Crippen LogP contribution is -2.37. The standard InChI is InChI=1S/C27H27F3N2O2/c1-19(21-10-5-3-6-11-21)31-25(33)16-17-32(20(2)22-12-7-4-8-13-22)26(34)23-14-9-15-24(18-23)27(28,29)30/h3-15,18-20H,16-17H2,1-2H3,(H,31,33). The van der Waals surface area contributed by atoms with Crippen LogP contribution in [0.4, 0.5) is 13.2 Å². The molecule has 2 amide bonds. The van der Waals surface area contributed by atoms with Crippen molar-refractivity contribution in [3.8, 4) is 0 Å². The fourth-order valence-electron chi connectivity index (χ4n) is 3.74. The van der Waals surface area contributed by atoms with Gasteiger partial charge in [-0.3, -0.25) is 9.59 Å². The van der Waals surface area contributed by atoms with E-state index >= 15 is 0 Å². The fourth-order valence-corrected chi connectivity index (χ4v) is 3.74. The average Bonchev–Trinajstić information content (AvgIpc) is 2.84. The molecule has 2 unspecified atom stereocenters. The molecule has 178 valence electrons. The SMILES string of the molecule is CC(NC(=O)CCN(C(=O)c1cccc(C(F)(F)F)c1)C(C)c1ccccc1)c1ccccc1. The van der Waals surface area contributed by atoms with Gasteiger partial charge in [0, 0.05) is 18.5 Å². The van der Waals surface area contributed by atoms with Crippen LogP contribution >= 0.6 is 0 Å². The van der Waals surface area contributed by atoms with Crippen molar-refractivity contribution in [2.24, 2.45) is 0 Å². The predicted octanol–water partition coefficient (Wildman–Crippen LogP) is 6.18. The Labute approximate surface area is 197 Å². The lowest BCUT2D eigenvalue weighted by atomic mass is 10.0. The molecule has 0 aliphatic rings. The van der Waals surface area contributed by atoms with Crippen molar-refractivity contribution in [2.45, 2.75) is 38.5 Å². The molecule has 0 aromatic heterocycles. The summed E-state index contributed by atoms with van der Waals surface area (Å²) in [5, 5.41) is 2.91. The first-order valence-corrected chi connectivity index (χ1v) is 11.0. The Morgan fingerprint density at radius 1 is 0.853 bits per heavy atom. The van der Waals surface area contributed by atoms with Crippen molar-refractivity contribution in [1.82, 2.24) is 10.2 Å². The highest BCUT2D eigenvalue weighted by Crippen LogP contribution is 2.30. The molecule has 3 aromatic carbocycles. The highest BCUT2D eigenvalue weighted by atomic mass is 19.4. The number of nitrogens with zero attached hydrogens (tertiary/aromatic N) is 1. The highest BCUT2D eigenvalue weighted by Gasteiger charge is 2.32. The van der Waals surface area contributed by atoms with Gasteiger partial charge in [-0.05, 0) is 43.2 Å². The van der Waals surface area contributed by atoms with Crippen LogP contribution in [-0.2, 0) is 11.0 Å². The zero-order valence-electron chi connectivity index (χ0n) is 19.0. The summed E-state index contributed by atoms with van der Waals surface area (Å²) in [6.07, 6.45) is -4.54. The molecule has 3 aromatic rings. The van der Waals surface area contributed by atoms with Crippen LogP contribution < -0.4 is 5.32 Å². The maximum absolute atomic E-state index is 13.3. The minimum absolute atomic E-state index is 0.0129. The minimum atomic E-state index is -4.56. The summed E-state index contributed by atoms with van der Waals surface area (Å²) in [6.45, 7) is 3.72. The van der Waals surface area contributed by atoms with Gasteiger partial charge in [0.2, 0.25) is 5.91 Å². The van der Waals surface area contributed by atoms with E-state index in [4.69, 9.17) is 0 Å². The lowest BCUT2D eigenvalue weighted by Gasteiger charge is -2.30. The van der Waals surface area contributed by atoms with Crippen LogP contribution in [0.5, 0.6) is 0 Å². The van der Waals surface area contributed by atoms with Crippen LogP contribution in [0.25, 0.3) is 0 Å². The Morgan fingerprint density at radius 2 is 1.44 bits per heavy atom. The number of carbonyl (C=O) groups excluding carboxylic acids is 2. The Bertz CT molecular complexity index is 1100. The van der Waals surface area contributed by atoms with E-state index in [1.54, 1.807) is 6.92 Å². The summed E-state index contributed by atoms with van der Waals surface area (Å²) in [5.74, 6) is -0.815. The highest BCUT2D eigenvalue weighted by molar-refractivity contribution is 5.95. The molecular formula is C27H27F3N2O2. The van der Waals surface area contributed by atoms with E-state index in [-0.39, 0.29) is 30.5 Å². The fraction of sp³-hybridized carbons (Fsp3) is 0.259. The minimum Gasteiger partial charge on any atom is -0.350 e. The van der Waals surface area contributed by atoms with E-state index in [1.165, 1.54) is 17.0 Å². The quantitative estimate of drug-likeness (QED) is 0.429. The van der Waals surface area contributed by atoms with Crippen molar-refractivity contribution in [1.29, 1.82) is 0 Å². The van der Waals surface area contributed by atoms with E-state index < -0.39 is 23.7 Å². The number of benzene rings is 3. The first-order chi connectivity index (χ1) is 16.2. The number of halogens is 3. The van der Waals surface area contributed by atoms with Gasteiger partial charge in [-0.2, -0.15) is 13.2 Å². The van der Waals surface area contributed by atoms with Crippen molar-refractivity contribution >= 4 is 11.8 Å². The molecule has 0 aliphatic heterocycles. The summed E-state index contributed by atoms with van der Waals surface area (Å²) in [7, 11) is 0. The Balaban J connectivity index is 1.79. The van der Waals surface area contributed by atoms with E-state index in [0.29, 0.717) is 0 Å². The van der Waals surface area contributed by atoms with Gasteiger partial charge in [0.15, 0.2) is 0 Å². The molecule has 2 atom stereocenters. The zero-order valence-corrected chi connectivity index (χ0v) is 19.0. The molecule has 4 nitrogen and oxygen atoms in total. The number of hydrogen-bond donors (Lipinski definition) is 1. The molecule has 1 N–H and O–H groups in total. The summed E-state index contributed by atoms with van der Waals surface area (Å²) in [5.41, 5.74) is 0.807. The number of rotatable bonds is 8. The second-order valence-electron chi connectivity index (χ2n) is 8.11. The number of carbonyl (C=O) groups is 2. The molecule has 0 radical (unpaired) electrons. The summed E-state index contributed by atoms with van der Waals surface area (Å²) in [4.78, 5) is 27.4. The van der Waals surface area contributed by atoms with Crippen molar-refractivity contribution in [2.75, 3.05) is 6.54 Å². The first kappa shape index (κ1) is 25.0. The molecule has 7 heteroatoms. The van der Waals surface area contributed by atoms with Crippen molar-refractivity contribution < 1.29 is 22.8 Å². The molecule has 0 bridgehead atoms. The van der Waals surface area contributed by atoms with Gasteiger partial charge in [0.25, 0.3) is 5.91 Å². The lowest BCUT2D eigenvalue weighted by molar-refractivity contribution is -0.137. The van der Waals surface area contributed by atoms with E-state index in [2.05, 4.69) is 5.32 Å². The molecule has 0 heterocycles. The third-order valence-electron chi connectivity index (χ3n) is 5.70. The van der Waals surface area contributed by atoms with Gasteiger partial charge < -0.3 is 10.2 Å². The number of alkyl halides is 3. The van der Waals surface area contributed by atoms with Crippen LogP contribution in [0, 0.1) is 0 Å². The van der Waals surface area contributed by atoms with Gasteiger partial charge in [0.1, 0.15) is 0 Å². The summed E-state index contributed by atoms with van der Waals surface area (Å²) < 4.78 is 39.6. The smallest absolute Gasteiger partial charge is 0.350 e. The van der Waals surface area contributed by atoms with Gasteiger partial charge in [-0.25, -0.2) is 0 Å². The summed E-state index contributed by atoms with van der Waals surface area (Å²) in [6, 6.07) is 22.4. The molecule has 34 heavy (non-hydrogen) atoms. The normalized spacial score (nSPS) is 13.1. The van der Waals surface area contributed by atoms with Crippen LogP contribution in [0.15, 0.2) is 84.9 Å². The maximum atomic E-state index is 13.3. The zero-order chi connectivity index (χ0) is 24.7. The second-order valence-corrected chi connectivity index (χ2v) is 8.11. The number of nitrogens with one attached hydrogen (secondary N) is 1. The van der Waals surface area contributed by atoms with E-state index in [9.17, 15) is 22.8 Å². The van der Waals surface area contributed by atoms with Gasteiger partial charge in [-0.15, -0.1) is 0 Å². The predicted molar refractivity (Wildman–Crippen MR) is 125 cm³/mol.